The minimum atomic E-state index is -0.415. The van der Waals surface area contributed by atoms with Gasteiger partial charge in [-0.1, -0.05) is 35.5 Å². The van der Waals surface area contributed by atoms with Crippen molar-refractivity contribution in [1.82, 2.24) is 9.55 Å². The fourth-order valence-corrected chi connectivity index (χ4v) is 4.13. The molecule has 8 heteroatoms. The summed E-state index contributed by atoms with van der Waals surface area (Å²) in [7, 11) is 0. The molecule has 140 valence electrons. The molecule has 0 saturated heterocycles. The number of nitrogens with zero attached hydrogens (tertiary/aromatic N) is 3. The van der Waals surface area contributed by atoms with E-state index in [0.29, 0.717) is 21.1 Å². The predicted molar refractivity (Wildman–Crippen MR) is 109 cm³/mol. The first-order valence-electron chi connectivity index (χ1n) is 8.40. The monoisotopic (exact) mass is 403 g/mol. The molecule has 6 nitrogen and oxygen atoms in total. The molecule has 0 radical (unpaired) electrons. The topological polar surface area (TPSA) is 78.0 Å². The highest BCUT2D eigenvalue weighted by Gasteiger charge is 2.19. The molecule has 27 heavy (non-hydrogen) atoms. The Morgan fingerprint density at radius 1 is 1.19 bits per heavy atom. The van der Waals surface area contributed by atoms with Crippen LogP contribution in [-0.2, 0) is 0 Å². The van der Waals surface area contributed by atoms with Crippen LogP contribution in [0.2, 0.25) is 5.02 Å². The molecule has 1 heterocycles. The Morgan fingerprint density at radius 3 is 2.59 bits per heavy atom. The second-order valence-electron chi connectivity index (χ2n) is 6.44. The van der Waals surface area contributed by atoms with Crippen LogP contribution < -0.4 is 5.56 Å². The largest absolute Gasteiger partial charge is 0.285 e. The second-order valence-corrected chi connectivity index (χ2v) is 8.18. The van der Waals surface area contributed by atoms with Crippen molar-refractivity contribution >= 4 is 40.0 Å². The fourth-order valence-electron chi connectivity index (χ4n) is 2.81. The molecule has 1 aromatic heterocycles. The van der Waals surface area contributed by atoms with Crippen molar-refractivity contribution in [1.29, 1.82) is 0 Å². The third kappa shape index (κ3) is 3.99. The smallest absolute Gasteiger partial charge is 0.269 e. The van der Waals surface area contributed by atoms with Crippen molar-refractivity contribution in [3.05, 3.63) is 73.5 Å². The lowest BCUT2D eigenvalue weighted by Gasteiger charge is -2.19. The molecule has 0 amide bonds. The molecule has 0 aliphatic carbocycles. The maximum Gasteiger partial charge on any atom is 0.269 e. The number of nitro groups is 1. The molecule has 0 fully saturated rings. The average Bonchev–Trinajstić information content (AvgIpc) is 2.61. The maximum atomic E-state index is 12.9. The number of hydrogen-bond acceptors (Lipinski definition) is 5. The number of aromatic nitrogens is 2. The van der Waals surface area contributed by atoms with Gasteiger partial charge in [0.15, 0.2) is 5.16 Å². The number of thioether (sulfide) groups is 1. The molecule has 0 bridgehead atoms. The Hall–Kier alpha value is -2.38. The van der Waals surface area contributed by atoms with Crippen molar-refractivity contribution in [2.45, 2.75) is 37.2 Å². The van der Waals surface area contributed by atoms with Crippen LogP contribution in [0, 0.1) is 10.1 Å². The quantitative estimate of drug-likeness (QED) is 0.247. The summed E-state index contributed by atoms with van der Waals surface area (Å²) in [6, 6.07) is 11.5. The summed E-state index contributed by atoms with van der Waals surface area (Å²) in [5.74, 6) is 0. The van der Waals surface area contributed by atoms with Gasteiger partial charge in [-0.05, 0) is 44.5 Å². The number of halogens is 1. The SMILES string of the molecule is CC(C)n1c(S[C@@H](C)c2cccc([N+](=O)[O-])c2)nc2cc(Cl)ccc2c1=O. The summed E-state index contributed by atoms with van der Waals surface area (Å²) in [5, 5.41) is 12.5. The Labute approximate surface area is 165 Å². The number of fused-ring (bicyclic) bond motifs is 1. The van der Waals surface area contributed by atoms with Gasteiger partial charge in [0, 0.05) is 28.4 Å². The zero-order chi connectivity index (χ0) is 19.7. The molecule has 0 aliphatic rings. The normalized spacial score (nSPS) is 12.5. The fraction of sp³-hybridized carbons (Fsp3) is 0.263. The molecule has 2 aromatic carbocycles. The van der Waals surface area contributed by atoms with Crippen molar-refractivity contribution in [3.63, 3.8) is 0 Å². The number of non-ortho nitro benzene ring substituents is 1. The van der Waals surface area contributed by atoms with E-state index in [0.717, 1.165) is 5.56 Å². The van der Waals surface area contributed by atoms with E-state index in [9.17, 15) is 14.9 Å². The van der Waals surface area contributed by atoms with Crippen LogP contribution in [0.5, 0.6) is 0 Å². The Balaban J connectivity index is 2.07. The molecular weight excluding hydrogens is 386 g/mol. The van der Waals surface area contributed by atoms with Gasteiger partial charge in [0.2, 0.25) is 0 Å². The highest BCUT2D eigenvalue weighted by molar-refractivity contribution is 7.99. The van der Waals surface area contributed by atoms with Gasteiger partial charge < -0.3 is 0 Å². The number of benzene rings is 2. The standard InChI is InChI=1S/C19H18ClN3O3S/c1-11(2)22-18(24)16-8-7-14(20)10-17(16)21-19(22)27-12(3)13-5-4-6-15(9-13)23(25)26/h4-12H,1-3H3/t12-/m0/s1. The van der Waals surface area contributed by atoms with E-state index >= 15 is 0 Å². The minimum absolute atomic E-state index is 0.0412. The Kier molecular flexibility index (Phi) is 5.53. The Morgan fingerprint density at radius 2 is 1.93 bits per heavy atom. The first kappa shape index (κ1) is 19.4. The van der Waals surface area contributed by atoms with E-state index in [1.54, 1.807) is 34.9 Å². The van der Waals surface area contributed by atoms with Gasteiger partial charge in [-0.25, -0.2) is 4.98 Å². The number of hydrogen-bond donors (Lipinski definition) is 0. The summed E-state index contributed by atoms with van der Waals surface area (Å²) in [4.78, 5) is 28.2. The lowest BCUT2D eigenvalue weighted by molar-refractivity contribution is -0.384. The molecule has 0 spiro atoms. The van der Waals surface area contributed by atoms with Crippen molar-refractivity contribution in [3.8, 4) is 0 Å². The molecular formula is C19H18ClN3O3S. The van der Waals surface area contributed by atoms with E-state index in [1.807, 2.05) is 26.8 Å². The predicted octanol–water partition coefficient (Wildman–Crippen LogP) is 5.39. The molecule has 0 unspecified atom stereocenters. The summed E-state index contributed by atoms with van der Waals surface area (Å²) in [6.07, 6.45) is 0. The lowest BCUT2D eigenvalue weighted by Crippen LogP contribution is -2.25. The number of rotatable bonds is 5. The van der Waals surface area contributed by atoms with Crippen LogP contribution in [0.1, 0.15) is 37.6 Å². The summed E-state index contributed by atoms with van der Waals surface area (Å²) in [5.41, 5.74) is 1.25. The van der Waals surface area contributed by atoms with E-state index in [-0.39, 0.29) is 22.5 Å². The molecule has 0 saturated carbocycles. The van der Waals surface area contributed by atoms with Gasteiger partial charge >= 0.3 is 0 Å². The molecule has 1 atom stereocenters. The highest BCUT2D eigenvalue weighted by atomic mass is 35.5. The zero-order valence-electron chi connectivity index (χ0n) is 15.0. The van der Waals surface area contributed by atoms with Gasteiger partial charge in [-0.2, -0.15) is 0 Å². The Bertz CT molecular complexity index is 1080. The molecule has 3 aromatic rings. The van der Waals surface area contributed by atoms with Gasteiger partial charge in [0.05, 0.1) is 15.8 Å². The first-order valence-corrected chi connectivity index (χ1v) is 9.66. The van der Waals surface area contributed by atoms with Crippen LogP contribution in [0.3, 0.4) is 0 Å². The van der Waals surface area contributed by atoms with Gasteiger partial charge in [-0.3, -0.25) is 19.5 Å². The maximum absolute atomic E-state index is 12.9. The van der Waals surface area contributed by atoms with Crippen LogP contribution in [0.4, 0.5) is 5.69 Å². The van der Waals surface area contributed by atoms with E-state index in [1.165, 1.54) is 17.8 Å². The van der Waals surface area contributed by atoms with E-state index in [4.69, 9.17) is 11.6 Å². The molecule has 3 rings (SSSR count). The molecule has 0 aliphatic heterocycles. The zero-order valence-corrected chi connectivity index (χ0v) is 16.6. The second kappa shape index (κ2) is 7.70. The van der Waals surface area contributed by atoms with Gasteiger partial charge in [0.1, 0.15) is 0 Å². The minimum Gasteiger partial charge on any atom is -0.285 e. The summed E-state index contributed by atoms with van der Waals surface area (Å²) < 4.78 is 1.65. The van der Waals surface area contributed by atoms with Crippen molar-refractivity contribution in [2.75, 3.05) is 0 Å². The van der Waals surface area contributed by atoms with Crippen LogP contribution in [-0.4, -0.2) is 14.5 Å². The summed E-state index contributed by atoms with van der Waals surface area (Å²) in [6.45, 7) is 5.78. The first-order chi connectivity index (χ1) is 12.8. The third-order valence-electron chi connectivity index (χ3n) is 4.18. The van der Waals surface area contributed by atoms with Crippen molar-refractivity contribution in [2.24, 2.45) is 0 Å². The third-order valence-corrected chi connectivity index (χ3v) is 5.54. The van der Waals surface area contributed by atoms with Crippen LogP contribution >= 0.6 is 23.4 Å². The van der Waals surface area contributed by atoms with Crippen LogP contribution in [0.25, 0.3) is 10.9 Å². The van der Waals surface area contributed by atoms with Crippen molar-refractivity contribution < 1.29 is 4.92 Å². The van der Waals surface area contributed by atoms with Gasteiger partial charge in [-0.15, -0.1) is 0 Å². The average molecular weight is 404 g/mol. The van der Waals surface area contributed by atoms with E-state index < -0.39 is 4.92 Å². The van der Waals surface area contributed by atoms with Crippen LogP contribution in [0.15, 0.2) is 52.4 Å². The summed E-state index contributed by atoms with van der Waals surface area (Å²) >= 11 is 7.45. The molecule has 0 N–H and O–H groups in total. The lowest BCUT2D eigenvalue weighted by atomic mass is 10.1. The number of nitro benzene ring substituents is 1. The van der Waals surface area contributed by atoms with E-state index in [2.05, 4.69) is 4.98 Å². The highest BCUT2D eigenvalue weighted by Crippen LogP contribution is 2.36. The van der Waals surface area contributed by atoms with Gasteiger partial charge in [0.25, 0.3) is 11.2 Å².